The van der Waals surface area contributed by atoms with Crippen LogP contribution in [0.25, 0.3) is 0 Å². The van der Waals surface area contributed by atoms with Gasteiger partial charge in [-0.25, -0.2) is 0 Å². The van der Waals surface area contributed by atoms with Crippen LogP contribution in [0.15, 0.2) is 12.7 Å². The van der Waals surface area contributed by atoms with Gasteiger partial charge < -0.3 is 0 Å². The molecule has 0 N–H and O–H groups in total. The third kappa shape index (κ3) is 1.21. The number of hydrogen-bond acceptors (Lipinski definition) is 2. The van der Waals surface area contributed by atoms with E-state index in [1.165, 1.54) is 6.08 Å². The normalized spacial score (nSPS) is 9.25. The van der Waals surface area contributed by atoms with Crippen LogP contribution >= 0.6 is 0 Å². The molecule has 40 valence electrons. The molecule has 0 aliphatic carbocycles. The van der Waals surface area contributed by atoms with Crippen LogP contribution < -0.4 is 0 Å². The van der Waals surface area contributed by atoms with E-state index in [1.54, 1.807) is 0 Å². The molecule has 0 unspecified atom stereocenters. The van der Waals surface area contributed by atoms with Gasteiger partial charge >= 0.3 is 0 Å². The molecule has 0 aromatic rings. The molecule has 8 heavy (non-hydrogen) atoms. The lowest BCUT2D eigenvalue weighted by Crippen LogP contribution is -2.00. The Bertz CT molecular complexity index is 158. The number of nitrogens with zero attached hydrogens (tertiary/aromatic N) is 2. The highest BCUT2D eigenvalue weighted by atomic mass is 28.1. The molecule has 0 aromatic carbocycles. The third-order valence-corrected chi connectivity index (χ3v) is 1.73. The fourth-order valence-electron chi connectivity index (χ4n) is 0.116. The zero-order valence-corrected chi connectivity index (χ0v) is 6.68. The van der Waals surface area contributed by atoms with E-state index in [1.807, 2.05) is 12.1 Å². The van der Waals surface area contributed by atoms with Gasteiger partial charge in [0.15, 0.2) is 0 Å². The Morgan fingerprint density at radius 3 is 1.88 bits per heavy atom. The molecule has 0 fully saturated rings. The SMILES string of the molecule is C=CC([SiH3])(C#N)C#N. The second-order valence-corrected chi connectivity index (χ2v) is 3.21. The molecule has 0 bridgehead atoms. The minimum atomic E-state index is -0.861. The third-order valence-electron chi connectivity index (χ3n) is 0.873. The van der Waals surface area contributed by atoms with Crippen LogP contribution in [-0.4, -0.2) is 10.2 Å². The van der Waals surface area contributed by atoms with Crippen molar-refractivity contribution in [1.29, 1.82) is 10.5 Å². The minimum absolute atomic E-state index is 0.530. The maximum Gasteiger partial charge on any atom is 0.140 e. The molecule has 0 radical (unpaired) electrons. The van der Waals surface area contributed by atoms with Crippen molar-refractivity contribution in [3.8, 4) is 12.1 Å². The number of rotatable bonds is 1. The summed E-state index contributed by atoms with van der Waals surface area (Å²) in [5.74, 6) is 0. The first-order chi connectivity index (χ1) is 3.68. The average Bonchev–Trinajstić information content (AvgIpc) is 1.87. The van der Waals surface area contributed by atoms with Gasteiger partial charge in [-0.1, -0.05) is 6.08 Å². The molecule has 0 aromatic heterocycles. The van der Waals surface area contributed by atoms with Gasteiger partial charge in [-0.15, -0.1) is 6.58 Å². The quantitative estimate of drug-likeness (QED) is 0.355. The van der Waals surface area contributed by atoms with Crippen LogP contribution in [0.3, 0.4) is 0 Å². The molecule has 0 rings (SSSR count). The van der Waals surface area contributed by atoms with Gasteiger partial charge in [0.2, 0.25) is 0 Å². The van der Waals surface area contributed by atoms with Gasteiger partial charge in [-0.2, -0.15) is 10.5 Å². The van der Waals surface area contributed by atoms with Crippen molar-refractivity contribution in [2.24, 2.45) is 0 Å². The summed E-state index contributed by atoms with van der Waals surface area (Å²) in [6.07, 6.45) is 1.39. The van der Waals surface area contributed by atoms with Crippen LogP contribution in [0.1, 0.15) is 0 Å². The fourth-order valence-corrected chi connectivity index (χ4v) is 0.116. The number of hydrogen-bond donors (Lipinski definition) is 0. The van der Waals surface area contributed by atoms with Gasteiger partial charge in [-0.3, -0.25) is 0 Å². The first-order valence-electron chi connectivity index (χ1n) is 2.14. The Morgan fingerprint density at radius 2 is 1.88 bits per heavy atom. The molecular weight excluding hydrogens is 116 g/mol. The maximum atomic E-state index is 8.28. The Morgan fingerprint density at radius 1 is 1.50 bits per heavy atom. The molecule has 0 amide bonds. The topological polar surface area (TPSA) is 47.6 Å². The van der Waals surface area contributed by atoms with Crippen LogP contribution in [0, 0.1) is 22.7 Å². The van der Waals surface area contributed by atoms with Crippen LogP contribution in [0.5, 0.6) is 0 Å². The highest BCUT2D eigenvalue weighted by molar-refractivity contribution is 6.21. The fraction of sp³-hybridized carbons (Fsp3) is 0.200. The lowest BCUT2D eigenvalue weighted by atomic mass is 10.2. The van der Waals surface area contributed by atoms with Crippen molar-refractivity contribution in [1.82, 2.24) is 0 Å². The lowest BCUT2D eigenvalue weighted by Gasteiger charge is -2.00. The van der Waals surface area contributed by atoms with Crippen molar-refractivity contribution < 1.29 is 0 Å². The molecule has 0 saturated carbocycles. The van der Waals surface area contributed by atoms with Gasteiger partial charge in [0.05, 0.1) is 22.4 Å². The Balaban J connectivity index is 4.34. The van der Waals surface area contributed by atoms with E-state index in [4.69, 9.17) is 10.5 Å². The standard InChI is InChI=1S/C5H6N2Si/c1-2-5(8,3-6)4-7/h2H,1H2,8H3. The van der Waals surface area contributed by atoms with Crippen molar-refractivity contribution in [2.45, 2.75) is 5.04 Å². The highest BCUT2D eigenvalue weighted by Gasteiger charge is 2.16. The molecule has 0 heterocycles. The Kier molecular flexibility index (Phi) is 1.99. The van der Waals surface area contributed by atoms with Crippen molar-refractivity contribution in [2.75, 3.05) is 0 Å². The predicted molar refractivity (Wildman–Crippen MR) is 34.1 cm³/mol. The molecule has 0 aliphatic heterocycles. The zero-order valence-electron chi connectivity index (χ0n) is 4.68. The summed E-state index contributed by atoms with van der Waals surface area (Å²) in [7, 11) is 0.530. The van der Waals surface area contributed by atoms with Crippen LogP contribution in [0.2, 0.25) is 5.04 Å². The van der Waals surface area contributed by atoms with Crippen molar-refractivity contribution in [3.63, 3.8) is 0 Å². The second kappa shape index (κ2) is 2.30. The van der Waals surface area contributed by atoms with Gasteiger partial charge in [0, 0.05) is 0 Å². The number of allylic oxidation sites excluding steroid dienone is 1. The maximum absolute atomic E-state index is 8.28. The first kappa shape index (κ1) is 6.94. The highest BCUT2D eigenvalue weighted by Crippen LogP contribution is 2.17. The van der Waals surface area contributed by atoms with Crippen LogP contribution in [-0.2, 0) is 0 Å². The van der Waals surface area contributed by atoms with Crippen molar-refractivity contribution >= 4 is 10.2 Å². The first-order valence-corrected chi connectivity index (χ1v) is 3.14. The summed E-state index contributed by atoms with van der Waals surface area (Å²) < 4.78 is 0. The number of nitriles is 2. The van der Waals surface area contributed by atoms with Gasteiger partial charge in [0.1, 0.15) is 5.04 Å². The monoisotopic (exact) mass is 122 g/mol. The molecule has 0 spiro atoms. The predicted octanol–water partition coefficient (Wildman–Crippen LogP) is -0.256. The molecule has 0 aliphatic rings. The van der Waals surface area contributed by atoms with E-state index >= 15 is 0 Å². The summed E-state index contributed by atoms with van der Waals surface area (Å²) >= 11 is 0. The Hall–Kier alpha value is -1.06. The van der Waals surface area contributed by atoms with E-state index in [-0.39, 0.29) is 0 Å². The Labute approximate surface area is 51.5 Å². The molecule has 2 nitrogen and oxygen atoms in total. The largest absolute Gasteiger partial charge is 0.197 e. The van der Waals surface area contributed by atoms with Gasteiger partial charge in [-0.05, 0) is 0 Å². The summed E-state index contributed by atoms with van der Waals surface area (Å²) in [6, 6.07) is 3.72. The molecule has 3 heteroatoms. The lowest BCUT2D eigenvalue weighted by molar-refractivity contribution is 1.12. The molecule has 0 atom stereocenters. The second-order valence-electron chi connectivity index (χ2n) is 1.63. The zero-order chi connectivity index (χ0) is 6.62. The van der Waals surface area contributed by atoms with E-state index in [9.17, 15) is 0 Å². The van der Waals surface area contributed by atoms with Gasteiger partial charge in [0.25, 0.3) is 0 Å². The average molecular weight is 122 g/mol. The smallest absolute Gasteiger partial charge is 0.140 e. The van der Waals surface area contributed by atoms with E-state index in [0.717, 1.165) is 0 Å². The van der Waals surface area contributed by atoms with E-state index in [2.05, 4.69) is 6.58 Å². The summed E-state index contributed by atoms with van der Waals surface area (Å²) in [4.78, 5) is 0. The van der Waals surface area contributed by atoms with Crippen molar-refractivity contribution in [3.05, 3.63) is 12.7 Å². The summed E-state index contributed by atoms with van der Waals surface area (Å²) in [6.45, 7) is 3.36. The minimum Gasteiger partial charge on any atom is -0.197 e. The molecular formula is C5H6N2Si. The summed E-state index contributed by atoms with van der Waals surface area (Å²) in [5, 5.41) is 15.7. The van der Waals surface area contributed by atoms with E-state index < -0.39 is 5.04 Å². The molecule has 0 saturated heterocycles. The summed E-state index contributed by atoms with van der Waals surface area (Å²) in [5.41, 5.74) is 0. The van der Waals surface area contributed by atoms with Crippen LogP contribution in [0.4, 0.5) is 0 Å². The van der Waals surface area contributed by atoms with E-state index in [0.29, 0.717) is 10.2 Å².